The summed E-state index contributed by atoms with van der Waals surface area (Å²) in [4.78, 5) is 15.4. The Morgan fingerprint density at radius 2 is 1.75 bits per heavy atom. The van der Waals surface area contributed by atoms with Crippen LogP contribution in [0.3, 0.4) is 0 Å². The molecule has 1 aromatic heterocycles. The second kappa shape index (κ2) is 4.66. The lowest BCUT2D eigenvalue weighted by Crippen LogP contribution is -1.97. The second-order valence-corrected chi connectivity index (χ2v) is 4.43. The molecule has 4 heteroatoms. The smallest absolute Gasteiger partial charge is 0.339 e. The van der Waals surface area contributed by atoms with Crippen molar-refractivity contribution in [3.8, 4) is 17.0 Å². The van der Waals surface area contributed by atoms with Gasteiger partial charge in [-0.2, -0.15) is 0 Å². The largest absolute Gasteiger partial charge is 0.507 e. The molecule has 0 atom stereocenters. The van der Waals surface area contributed by atoms with Gasteiger partial charge in [0.1, 0.15) is 11.3 Å². The number of hydrogen-bond acceptors (Lipinski definition) is 3. The van der Waals surface area contributed by atoms with Gasteiger partial charge in [-0.05, 0) is 12.1 Å². The highest BCUT2D eigenvalue weighted by Crippen LogP contribution is 2.26. The lowest BCUT2D eigenvalue weighted by atomic mass is 10.1. The summed E-state index contributed by atoms with van der Waals surface area (Å²) >= 11 is 0. The van der Waals surface area contributed by atoms with E-state index < -0.39 is 5.97 Å². The van der Waals surface area contributed by atoms with E-state index in [2.05, 4.69) is 4.98 Å². The van der Waals surface area contributed by atoms with Gasteiger partial charge in [-0.3, -0.25) is 0 Å². The summed E-state index contributed by atoms with van der Waals surface area (Å²) in [6.07, 6.45) is 0. The Labute approximate surface area is 115 Å². The first-order chi connectivity index (χ1) is 9.65. The van der Waals surface area contributed by atoms with Gasteiger partial charge in [-0.25, -0.2) is 9.78 Å². The summed E-state index contributed by atoms with van der Waals surface area (Å²) in [6, 6.07) is 16.1. The van der Waals surface area contributed by atoms with Gasteiger partial charge in [0.05, 0.1) is 11.2 Å². The molecule has 0 saturated carbocycles. The third-order valence-electron chi connectivity index (χ3n) is 3.11. The molecule has 0 aliphatic rings. The molecular formula is C16H11NO3. The molecule has 3 rings (SSSR count). The predicted molar refractivity (Wildman–Crippen MR) is 75.8 cm³/mol. The number of fused-ring (bicyclic) bond motifs is 1. The van der Waals surface area contributed by atoms with Crippen molar-refractivity contribution < 1.29 is 15.0 Å². The van der Waals surface area contributed by atoms with E-state index in [9.17, 15) is 9.90 Å². The van der Waals surface area contributed by atoms with Crippen molar-refractivity contribution in [2.45, 2.75) is 0 Å². The quantitative estimate of drug-likeness (QED) is 0.745. The highest BCUT2D eigenvalue weighted by atomic mass is 16.4. The van der Waals surface area contributed by atoms with Gasteiger partial charge in [0.15, 0.2) is 0 Å². The van der Waals surface area contributed by atoms with Crippen molar-refractivity contribution in [1.82, 2.24) is 4.98 Å². The highest BCUT2D eigenvalue weighted by molar-refractivity contribution is 5.97. The van der Waals surface area contributed by atoms with E-state index in [0.717, 1.165) is 11.3 Å². The van der Waals surface area contributed by atoms with Crippen LogP contribution in [-0.4, -0.2) is 21.2 Å². The van der Waals surface area contributed by atoms with Crippen LogP contribution in [0.4, 0.5) is 0 Å². The second-order valence-electron chi connectivity index (χ2n) is 4.43. The summed E-state index contributed by atoms with van der Waals surface area (Å²) in [7, 11) is 0. The van der Waals surface area contributed by atoms with Crippen molar-refractivity contribution in [3.05, 3.63) is 60.2 Å². The number of aromatic hydroxyl groups is 1. The maximum absolute atomic E-state index is 11.0. The molecular weight excluding hydrogens is 254 g/mol. The van der Waals surface area contributed by atoms with Crippen LogP contribution >= 0.6 is 0 Å². The molecule has 20 heavy (non-hydrogen) atoms. The Morgan fingerprint density at radius 1 is 1.00 bits per heavy atom. The first kappa shape index (κ1) is 12.2. The number of hydrogen-bond donors (Lipinski definition) is 2. The number of phenols is 1. The third-order valence-corrected chi connectivity index (χ3v) is 3.11. The Balaban J connectivity index is 2.18. The standard InChI is InChI=1S/C16H11NO3/c18-15-9-14-11(8-12(15)16(19)20)6-7-13(17-14)10-4-2-1-3-5-10/h1-9,18H,(H,19,20). The maximum Gasteiger partial charge on any atom is 0.339 e. The zero-order chi connectivity index (χ0) is 14.1. The van der Waals surface area contributed by atoms with E-state index >= 15 is 0 Å². The first-order valence-electron chi connectivity index (χ1n) is 6.07. The van der Waals surface area contributed by atoms with Crippen molar-refractivity contribution in [2.24, 2.45) is 0 Å². The van der Waals surface area contributed by atoms with Crippen LogP contribution in [-0.2, 0) is 0 Å². The van der Waals surface area contributed by atoms with E-state index in [1.165, 1.54) is 12.1 Å². The molecule has 0 spiro atoms. The monoisotopic (exact) mass is 265 g/mol. The number of benzene rings is 2. The Kier molecular flexibility index (Phi) is 2.84. The molecule has 1 heterocycles. The Hall–Kier alpha value is -2.88. The molecule has 0 bridgehead atoms. The molecule has 98 valence electrons. The number of carboxylic acids is 1. The number of carbonyl (C=O) groups is 1. The van der Waals surface area contributed by atoms with Crippen molar-refractivity contribution in [2.75, 3.05) is 0 Å². The molecule has 0 aliphatic heterocycles. The minimum absolute atomic E-state index is 0.119. The van der Waals surface area contributed by atoms with Crippen LogP contribution in [0.15, 0.2) is 54.6 Å². The number of nitrogens with zero attached hydrogens (tertiary/aromatic N) is 1. The minimum Gasteiger partial charge on any atom is -0.507 e. The SMILES string of the molecule is O=C(O)c1cc2ccc(-c3ccccc3)nc2cc1O. The van der Waals surface area contributed by atoms with Gasteiger partial charge in [0.25, 0.3) is 0 Å². The zero-order valence-corrected chi connectivity index (χ0v) is 10.4. The fraction of sp³-hybridized carbons (Fsp3) is 0. The Bertz CT molecular complexity index is 797. The van der Waals surface area contributed by atoms with Crippen LogP contribution in [0, 0.1) is 0 Å². The van der Waals surface area contributed by atoms with E-state index in [-0.39, 0.29) is 11.3 Å². The summed E-state index contributed by atoms with van der Waals surface area (Å²) in [5.41, 5.74) is 2.19. The molecule has 0 fully saturated rings. The zero-order valence-electron chi connectivity index (χ0n) is 10.4. The van der Waals surface area contributed by atoms with E-state index in [1.807, 2.05) is 36.4 Å². The van der Waals surface area contributed by atoms with Crippen LogP contribution in [0.5, 0.6) is 5.75 Å². The topological polar surface area (TPSA) is 70.4 Å². The molecule has 0 aliphatic carbocycles. The molecule has 3 aromatic rings. The Morgan fingerprint density at radius 3 is 2.45 bits per heavy atom. The number of aromatic nitrogens is 1. The molecule has 2 N–H and O–H groups in total. The summed E-state index contributed by atoms with van der Waals surface area (Å²) in [5, 5.41) is 19.4. The average Bonchev–Trinajstić information content (AvgIpc) is 2.46. The lowest BCUT2D eigenvalue weighted by Gasteiger charge is -2.05. The lowest BCUT2D eigenvalue weighted by molar-refractivity contribution is 0.0694. The van der Waals surface area contributed by atoms with Crippen LogP contribution < -0.4 is 0 Å². The van der Waals surface area contributed by atoms with Gasteiger partial charge >= 0.3 is 5.97 Å². The van der Waals surface area contributed by atoms with E-state index in [1.54, 1.807) is 6.07 Å². The highest BCUT2D eigenvalue weighted by Gasteiger charge is 2.11. The van der Waals surface area contributed by atoms with Gasteiger partial charge in [0.2, 0.25) is 0 Å². The van der Waals surface area contributed by atoms with Crippen molar-refractivity contribution in [1.29, 1.82) is 0 Å². The molecule has 0 radical (unpaired) electrons. The molecule has 0 amide bonds. The van der Waals surface area contributed by atoms with Gasteiger partial charge in [0, 0.05) is 17.0 Å². The van der Waals surface area contributed by atoms with Crippen molar-refractivity contribution >= 4 is 16.9 Å². The van der Waals surface area contributed by atoms with Gasteiger partial charge in [-0.15, -0.1) is 0 Å². The fourth-order valence-corrected chi connectivity index (χ4v) is 2.10. The number of pyridine rings is 1. The first-order valence-corrected chi connectivity index (χ1v) is 6.07. The molecule has 0 unspecified atom stereocenters. The minimum atomic E-state index is -1.16. The molecule has 4 nitrogen and oxygen atoms in total. The summed E-state index contributed by atoms with van der Waals surface area (Å²) < 4.78 is 0. The number of rotatable bonds is 2. The third kappa shape index (κ3) is 2.07. The predicted octanol–water partition coefficient (Wildman–Crippen LogP) is 3.31. The molecule has 2 aromatic carbocycles. The average molecular weight is 265 g/mol. The van der Waals surface area contributed by atoms with Crippen LogP contribution in [0.25, 0.3) is 22.2 Å². The van der Waals surface area contributed by atoms with Crippen molar-refractivity contribution in [3.63, 3.8) is 0 Å². The normalized spacial score (nSPS) is 10.6. The van der Waals surface area contributed by atoms with E-state index in [4.69, 9.17) is 5.11 Å². The maximum atomic E-state index is 11.0. The van der Waals surface area contributed by atoms with Crippen LogP contribution in [0.2, 0.25) is 0 Å². The number of aromatic carboxylic acids is 1. The summed E-state index contributed by atoms with van der Waals surface area (Å²) in [6.45, 7) is 0. The fourth-order valence-electron chi connectivity index (χ4n) is 2.10. The van der Waals surface area contributed by atoms with Gasteiger partial charge < -0.3 is 10.2 Å². The van der Waals surface area contributed by atoms with Crippen LogP contribution in [0.1, 0.15) is 10.4 Å². The summed E-state index contributed by atoms with van der Waals surface area (Å²) in [5.74, 6) is -1.43. The van der Waals surface area contributed by atoms with Gasteiger partial charge in [-0.1, -0.05) is 36.4 Å². The van der Waals surface area contributed by atoms with E-state index in [0.29, 0.717) is 10.9 Å². The number of carboxylic acid groups (broad SMARTS) is 1. The molecule has 0 saturated heterocycles.